The molecule has 6 heteroatoms. The van der Waals surface area contributed by atoms with Gasteiger partial charge in [-0.15, -0.1) is 0 Å². The van der Waals surface area contributed by atoms with E-state index in [1.165, 1.54) is 0 Å². The first-order chi connectivity index (χ1) is 9.06. The van der Waals surface area contributed by atoms with Crippen molar-refractivity contribution in [2.45, 2.75) is 39.7 Å². The maximum Gasteiger partial charge on any atom is 0.115 e. The lowest BCUT2D eigenvalue weighted by molar-refractivity contribution is 0.239. The molecule has 0 saturated heterocycles. The van der Waals surface area contributed by atoms with Gasteiger partial charge in [-0.1, -0.05) is 20.8 Å². The van der Waals surface area contributed by atoms with Gasteiger partial charge < -0.3 is 10.4 Å². The van der Waals surface area contributed by atoms with Crippen LogP contribution in [0.4, 0.5) is 0 Å². The van der Waals surface area contributed by atoms with Crippen molar-refractivity contribution in [3.05, 3.63) is 0 Å². The van der Waals surface area contributed by atoms with E-state index in [0.29, 0.717) is 23.9 Å². The number of hydrogen-bond donors (Lipinski definition) is 2. The molecule has 0 spiro atoms. The van der Waals surface area contributed by atoms with Gasteiger partial charge in [-0.2, -0.15) is 0 Å². The highest BCUT2D eigenvalue weighted by Gasteiger charge is 2.15. The Kier molecular flexibility index (Phi) is 7.23. The molecule has 0 radical (unpaired) electrons. The summed E-state index contributed by atoms with van der Waals surface area (Å²) in [7, 11) is -0.907. The number of nitrogens with one attached hydrogen (secondary N) is 1. The van der Waals surface area contributed by atoms with Gasteiger partial charge in [-0.25, -0.2) is 0 Å². The molecule has 5 nitrogen and oxygen atoms in total. The number of hydrogen-bond acceptors (Lipinski definition) is 4. The molecular weight excluding hydrogens is 262 g/mol. The minimum Gasteiger partial charge on any atom is -0.394 e. The lowest BCUT2D eigenvalue weighted by Crippen LogP contribution is -2.36. The van der Waals surface area contributed by atoms with Crippen LogP contribution in [0.2, 0.25) is 0 Å². The zero-order chi connectivity index (χ0) is 14.3. The zero-order valence-electron chi connectivity index (χ0n) is 12.1. The quantitative estimate of drug-likeness (QED) is 0.808. The summed E-state index contributed by atoms with van der Waals surface area (Å²) in [6.07, 6.45) is 1.65. The van der Waals surface area contributed by atoms with Gasteiger partial charge >= 0.3 is 0 Å². The topological polar surface area (TPSA) is 74.0 Å². The Balaban J connectivity index is 2.90. The van der Waals surface area contributed by atoms with Crippen molar-refractivity contribution in [2.24, 2.45) is 15.9 Å². The van der Waals surface area contributed by atoms with Crippen molar-refractivity contribution in [1.29, 1.82) is 0 Å². The normalized spacial score (nSPS) is 25.2. The summed E-state index contributed by atoms with van der Waals surface area (Å²) in [4.78, 5) is 8.98. The van der Waals surface area contributed by atoms with E-state index in [2.05, 4.69) is 15.3 Å². The molecule has 0 aliphatic carbocycles. The number of amidine groups is 2. The van der Waals surface area contributed by atoms with Gasteiger partial charge in [0.1, 0.15) is 11.7 Å². The maximum atomic E-state index is 11.9. The summed E-state index contributed by atoms with van der Waals surface area (Å²) in [6.45, 7) is 6.79. The second-order valence-electron chi connectivity index (χ2n) is 5.02. The molecular formula is C13H25N3O2S. The number of aliphatic hydroxyl groups excluding tert-OH is 1. The molecule has 110 valence electrons. The molecule has 0 fully saturated rings. The van der Waals surface area contributed by atoms with Crippen LogP contribution in [0.25, 0.3) is 0 Å². The molecule has 1 aliphatic rings. The van der Waals surface area contributed by atoms with Crippen molar-refractivity contribution < 1.29 is 9.32 Å². The third-order valence-corrected chi connectivity index (χ3v) is 4.37. The van der Waals surface area contributed by atoms with Gasteiger partial charge in [-0.05, 0) is 12.3 Å². The Hall–Kier alpha value is -0.750. The third-order valence-electron chi connectivity index (χ3n) is 3.03. The minimum atomic E-state index is -0.907. The van der Waals surface area contributed by atoms with Gasteiger partial charge in [0.05, 0.1) is 18.4 Å². The largest absolute Gasteiger partial charge is 0.394 e. The van der Waals surface area contributed by atoms with Crippen LogP contribution in [0.5, 0.6) is 0 Å². The molecule has 2 unspecified atom stereocenters. The highest BCUT2D eigenvalue weighted by molar-refractivity contribution is 7.85. The number of aliphatic hydroxyl groups is 1. The van der Waals surface area contributed by atoms with Crippen LogP contribution in [-0.2, 0) is 10.8 Å². The summed E-state index contributed by atoms with van der Waals surface area (Å²) in [6, 6.07) is -0.154. The Morgan fingerprint density at radius 2 is 2.26 bits per heavy atom. The van der Waals surface area contributed by atoms with Crippen molar-refractivity contribution in [3.63, 3.8) is 0 Å². The lowest BCUT2D eigenvalue weighted by atomic mass is 10.1. The fourth-order valence-corrected chi connectivity index (χ4v) is 2.82. The van der Waals surface area contributed by atoms with Crippen molar-refractivity contribution in [2.75, 3.05) is 24.7 Å². The molecule has 0 saturated carbocycles. The molecule has 1 heterocycles. The van der Waals surface area contributed by atoms with Crippen LogP contribution in [0, 0.1) is 5.92 Å². The molecule has 19 heavy (non-hydrogen) atoms. The molecule has 2 N–H and O–H groups in total. The van der Waals surface area contributed by atoms with Gasteiger partial charge in [0.15, 0.2) is 0 Å². The molecule has 0 aromatic rings. The van der Waals surface area contributed by atoms with Crippen molar-refractivity contribution in [1.82, 2.24) is 5.32 Å². The van der Waals surface area contributed by atoms with Gasteiger partial charge in [0.25, 0.3) is 0 Å². The van der Waals surface area contributed by atoms with E-state index in [-0.39, 0.29) is 18.6 Å². The van der Waals surface area contributed by atoms with E-state index in [0.717, 1.165) is 18.7 Å². The average Bonchev–Trinajstić information content (AvgIpc) is 2.46. The monoisotopic (exact) mass is 287 g/mol. The summed E-state index contributed by atoms with van der Waals surface area (Å²) in [5.41, 5.74) is 0. The van der Waals surface area contributed by atoms with Gasteiger partial charge in [-0.3, -0.25) is 14.2 Å². The van der Waals surface area contributed by atoms with Gasteiger partial charge in [0, 0.05) is 29.5 Å². The first-order valence-corrected chi connectivity index (χ1v) is 8.38. The average molecular weight is 287 g/mol. The van der Waals surface area contributed by atoms with E-state index in [1.807, 2.05) is 20.8 Å². The highest BCUT2D eigenvalue weighted by atomic mass is 32.2. The lowest BCUT2D eigenvalue weighted by Gasteiger charge is -2.17. The van der Waals surface area contributed by atoms with E-state index >= 15 is 0 Å². The minimum absolute atomic E-state index is 0.00802. The Morgan fingerprint density at radius 1 is 1.53 bits per heavy atom. The van der Waals surface area contributed by atoms with E-state index < -0.39 is 10.8 Å². The Labute approximate surface area is 118 Å². The SMILES string of the molecule is CCC1=NCCCS(=O)CC(=NC(CO)C(C)C)N1. The van der Waals surface area contributed by atoms with E-state index in [9.17, 15) is 9.32 Å². The molecule has 0 aromatic carbocycles. The number of rotatable bonds is 4. The summed E-state index contributed by atoms with van der Waals surface area (Å²) >= 11 is 0. The molecule has 2 atom stereocenters. The number of nitrogens with zero attached hydrogens (tertiary/aromatic N) is 2. The van der Waals surface area contributed by atoms with Crippen molar-refractivity contribution in [3.8, 4) is 0 Å². The zero-order valence-corrected chi connectivity index (χ0v) is 12.9. The third kappa shape index (κ3) is 5.82. The molecule has 1 aliphatic heterocycles. The van der Waals surface area contributed by atoms with E-state index in [4.69, 9.17) is 0 Å². The fraction of sp³-hybridized carbons (Fsp3) is 0.846. The van der Waals surface area contributed by atoms with Crippen LogP contribution in [0.1, 0.15) is 33.6 Å². The van der Waals surface area contributed by atoms with Crippen LogP contribution >= 0.6 is 0 Å². The molecule has 0 aromatic heterocycles. The Morgan fingerprint density at radius 3 is 2.84 bits per heavy atom. The second-order valence-corrected chi connectivity index (χ2v) is 6.60. The van der Waals surface area contributed by atoms with Crippen LogP contribution in [0.3, 0.4) is 0 Å². The summed E-state index contributed by atoms with van der Waals surface area (Å²) in [5, 5.41) is 12.5. The predicted molar refractivity (Wildman–Crippen MR) is 81.4 cm³/mol. The molecule has 1 rings (SSSR count). The highest BCUT2D eigenvalue weighted by Crippen LogP contribution is 2.06. The van der Waals surface area contributed by atoms with Gasteiger partial charge in [0.2, 0.25) is 0 Å². The first-order valence-electron chi connectivity index (χ1n) is 6.89. The fourth-order valence-electron chi connectivity index (χ4n) is 1.78. The predicted octanol–water partition coefficient (Wildman–Crippen LogP) is 0.952. The first kappa shape index (κ1) is 16.3. The second kappa shape index (κ2) is 8.43. The smallest absolute Gasteiger partial charge is 0.115 e. The Bertz CT molecular complexity index is 367. The standard InChI is InChI=1S/C13H25N3O2S/c1-4-12-14-6-5-7-19(18)9-13(16-12)15-11(8-17)10(2)3/h10-11,17H,4-9H2,1-3H3,(H,14,15,16). The molecule has 0 amide bonds. The van der Waals surface area contributed by atoms with Crippen LogP contribution in [-0.4, -0.2) is 51.7 Å². The molecule has 0 bridgehead atoms. The van der Waals surface area contributed by atoms with Crippen molar-refractivity contribution >= 4 is 22.5 Å². The van der Waals surface area contributed by atoms with Crippen LogP contribution in [0.15, 0.2) is 9.98 Å². The summed E-state index contributed by atoms with van der Waals surface area (Å²) < 4.78 is 11.9. The maximum absolute atomic E-state index is 11.9. The summed E-state index contributed by atoms with van der Waals surface area (Å²) in [5.74, 6) is 2.91. The van der Waals surface area contributed by atoms with E-state index in [1.54, 1.807) is 0 Å². The number of aliphatic imine (C=N–C) groups is 2. The van der Waals surface area contributed by atoms with Crippen LogP contribution < -0.4 is 5.32 Å².